The summed E-state index contributed by atoms with van der Waals surface area (Å²) in [7, 11) is 0. The zero-order chi connectivity index (χ0) is 19.8. The Labute approximate surface area is 168 Å². The molecule has 0 spiro atoms. The molecule has 3 aromatic carbocycles. The van der Waals surface area contributed by atoms with E-state index in [2.05, 4.69) is 10.5 Å². The first-order chi connectivity index (χ1) is 14.2. The topological polar surface area (TPSA) is 59.3 Å². The third-order valence-corrected chi connectivity index (χ3v) is 5.27. The Hall–Kier alpha value is -3.73. The fraction of sp³-hybridized carbons (Fsp3) is 0.125. The van der Waals surface area contributed by atoms with E-state index in [1.54, 1.807) is 4.57 Å². The lowest BCUT2D eigenvalue weighted by molar-refractivity contribution is 0.565. The van der Waals surface area contributed by atoms with Crippen molar-refractivity contribution in [1.29, 1.82) is 0 Å². The minimum Gasteiger partial charge on any atom is -0.299 e. The third-order valence-electron chi connectivity index (χ3n) is 5.27. The van der Waals surface area contributed by atoms with Gasteiger partial charge in [0.15, 0.2) is 0 Å². The van der Waals surface area contributed by atoms with Crippen LogP contribution in [0.4, 0.5) is 0 Å². The smallest absolute Gasteiger partial charge is 0.266 e. The van der Waals surface area contributed by atoms with Gasteiger partial charge in [0.1, 0.15) is 11.9 Å². The number of hydrogen-bond acceptors (Lipinski definition) is 4. The summed E-state index contributed by atoms with van der Waals surface area (Å²) in [6, 6.07) is 25.3. The summed E-state index contributed by atoms with van der Waals surface area (Å²) in [6.45, 7) is 2.03. The van der Waals surface area contributed by atoms with Gasteiger partial charge in [-0.2, -0.15) is 5.10 Å². The molecule has 0 fully saturated rings. The van der Waals surface area contributed by atoms with Crippen LogP contribution in [-0.2, 0) is 0 Å². The van der Waals surface area contributed by atoms with Crippen molar-refractivity contribution in [3.63, 3.8) is 0 Å². The van der Waals surface area contributed by atoms with Gasteiger partial charge in [-0.1, -0.05) is 60.2 Å². The summed E-state index contributed by atoms with van der Waals surface area (Å²) in [4.78, 5) is 18.3. The standard InChI is InChI=1S/C24H20N4O/c1-16-11-13-18(14-12-16)28-23(25-20-10-6-5-9-19(20)24(28)29)22-15-21(26-27-22)17-7-3-2-4-8-17/h2-14,22,27H,15H2,1H3. The van der Waals surface area contributed by atoms with Crippen LogP contribution in [-0.4, -0.2) is 15.3 Å². The number of hydrazone groups is 1. The van der Waals surface area contributed by atoms with E-state index in [-0.39, 0.29) is 11.6 Å². The second-order valence-corrected chi connectivity index (χ2v) is 7.27. The fourth-order valence-corrected chi connectivity index (χ4v) is 3.73. The highest BCUT2D eigenvalue weighted by Crippen LogP contribution is 2.26. The molecule has 1 aliphatic heterocycles. The molecule has 1 aliphatic rings. The van der Waals surface area contributed by atoms with Crippen LogP contribution in [0.3, 0.4) is 0 Å². The van der Waals surface area contributed by atoms with Crippen LogP contribution in [0.2, 0.25) is 0 Å². The zero-order valence-electron chi connectivity index (χ0n) is 16.0. The molecule has 1 N–H and O–H groups in total. The summed E-state index contributed by atoms with van der Waals surface area (Å²) in [5.74, 6) is 0.673. The van der Waals surface area contributed by atoms with Gasteiger partial charge < -0.3 is 0 Å². The van der Waals surface area contributed by atoms with Crippen molar-refractivity contribution in [2.45, 2.75) is 19.4 Å². The number of nitrogens with zero attached hydrogens (tertiary/aromatic N) is 3. The minimum atomic E-state index is -0.177. The molecule has 0 aliphatic carbocycles. The van der Waals surface area contributed by atoms with Crippen molar-refractivity contribution in [3.8, 4) is 5.69 Å². The van der Waals surface area contributed by atoms with Gasteiger partial charge >= 0.3 is 0 Å². The van der Waals surface area contributed by atoms with Gasteiger partial charge in [0.05, 0.1) is 22.3 Å². The van der Waals surface area contributed by atoms with Crippen molar-refractivity contribution in [2.24, 2.45) is 5.10 Å². The average molecular weight is 380 g/mol. The van der Waals surface area contributed by atoms with Gasteiger partial charge in [0.25, 0.3) is 5.56 Å². The number of aromatic nitrogens is 2. The normalized spacial score (nSPS) is 15.9. The van der Waals surface area contributed by atoms with Gasteiger partial charge in [-0.3, -0.25) is 14.8 Å². The first kappa shape index (κ1) is 17.4. The van der Waals surface area contributed by atoms with Gasteiger partial charge in [0, 0.05) is 6.42 Å². The average Bonchev–Trinajstić information content (AvgIpc) is 3.25. The SMILES string of the molecule is Cc1ccc(-n2c(C3CC(c4ccccc4)=NN3)nc3ccccc3c2=O)cc1. The highest BCUT2D eigenvalue weighted by Gasteiger charge is 2.27. The van der Waals surface area contributed by atoms with Crippen molar-refractivity contribution in [3.05, 3.63) is 106 Å². The molecule has 5 rings (SSSR count). The molecule has 5 nitrogen and oxygen atoms in total. The van der Waals surface area contributed by atoms with E-state index >= 15 is 0 Å². The van der Waals surface area contributed by atoms with Crippen molar-refractivity contribution >= 4 is 16.6 Å². The van der Waals surface area contributed by atoms with E-state index in [4.69, 9.17) is 4.98 Å². The Balaban J connectivity index is 1.64. The molecular formula is C24H20N4O. The Morgan fingerprint density at radius 3 is 2.45 bits per heavy atom. The van der Waals surface area contributed by atoms with Crippen LogP contribution in [0, 0.1) is 6.92 Å². The summed E-state index contributed by atoms with van der Waals surface area (Å²) in [5.41, 5.74) is 7.83. The first-order valence-corrected chi connectivity index (χ1v) is 9.67. The molecule has 0 bridgehead atoms. The maximum atomic E-state index is 13.4. The highest BCUT2D eigenvalue weighted by atomic mass is 16.1. The summed E-state index contributed by atoms with van der Waals surface area (Å²) >= 11 is 0. The summed E-state index contributed by atoms with van der Waals surface area (Å²) in [5, 5.41) is 5.14. The molecule has 1 atom stereocenters. The maximum absolute atomic E-state index is 13.4. The number of aryl methyl sites for hydroxylation is 1. The molecule has 0 amide bonds. The Kier molecular flexibility index (Phi) is 4.21. The van der Waals surface area contributed by atoms with Crippen LogP contribution in [0.5, 0.6) is 0 Å². The lowest BCUT2D eigenvalue weighted by atomic mass is 10.0. The quantitative estimate of drug-likeness (QED) is 0.581. The van der Waals surface area contributed by atoms with Crippen LogP contribution in [0.1, 0.15) is 29.4 Å². The van der Waals surface area contributed by atoms with Crippen molar-refractivity contribution in [2.75, 3.05) is 0 Å². The number of rotatable bonds is 3. The number of para-hydroxylation sites is 1. The number of nitrogens with one attached hydrogen (secondary N) is 1. The van der Waals surface area contributed by atoms with Crippen LogP contribution < -0.4 is 11.0 Å². The van der Waals surface area contributed by atoms with E-state index in [0.29, 0.717) is 23.1 Å². The monoisotopic (exact) mass is 380 g/mol. The number of hydrogen-bond donors (Lipinski definition) is 1. The Morgan fingerprint density at radius 1 is 0.931 bits per heavy atom. The molecule has 5 heteroatoms. The molecular weight excluding hydrogens is 360 g/mol. The van der Waals surface area contributed by atoms with E-state index in [0.717, 1.165) is 22.5 Å². The molecule has 0 radical (unpaired) electrons. The summed E-state index contributed by atoms with van der Waals surface area (Å²) < 4.78 is 1.71. The molecule has 4 aromatic rings. The molecule has 2 heterocycles. The minimum absolute atomic E-state index is 0.0654. The van der Waals surface area contributed by atoms with Gasteiger partial charge in [-0.15, -0.1) is 0 Å². The van der Waals surface area contributed by atoms with Gasteiger partial charge in [-0.05, 0) is 36.8 Å². The second kappa shape index (κ2) is 7.02. The van der Waals surface area contributed by atoms with Crippen molar-refractivity contribution in [1.82, 2.24) is 15.0 Å². The Bertz CT molecular complexity index is 1270. The van der Waals surface area contributed by atoms with Crippen molar-refractivity contribution < 1.29 is 0 Å². The van der Waals surface area contributed by atoms with E-state index < -0.39 is 0 Å². The molecule has 1 unspecified atom stereocenters. The first-order valence-electron chi connectivity index (χ1n) is 9.67. The van der Waals surface area contributed by atoms with Crippen LogP contribution in [0.25, 0.3) is 16.6 Å². The van der Waals surface area contributed by atoms with Gasteiger partial charge in [-0.25, -0.2) is 4.98 Å². The predicted octanol–water partition coefficient (Wildman–Crippen LogP) is 4.13. The predicted molar refractivity (Wildman–Crippen MR) is 116 cm³/mol. The molecule has 0 saturated heterocycles. The van der Waals surface area contributed by atoms with Crippen LogP contribution >= 0.6 is 0 Å². The van der Waals surface area contributed by atoms with E-state index in [1.165, 1.54) is 0 Å². The largest absolute Gasteiger partial charge is 0.299 e. The molecule has 0 saturated carbocycles. The molecule has 1 aromatic heterocycles. The second-order valence-electron chi connectivity index (χ2n) is 7.27. The Morgan fingerprint density at radius 2 is 1.66 bits per heavy atom. The maximum Gasteiger partial charge on any atom is 0.266 e. The molecule has 142 valence electrons. The van der Waals surface area contributed by atoms with Gasteiger partial charge in [0.2, 0.25) is 0 Å². The molecule has 29 heavy (non-hydrogen) atoms. The van der Waals surface area contributed by atoms with Crippen LogP contribution in [0.15, 0.2) is 88.8 Å². The number of benzene rings is 3. The lowest BCUT2D eigenvalue weighted by Crippen LogP contribution is -2.28. The lowest BCUT2D eigenvalue weighted by Gasteiger charge is -2.18. The van der Waals surface area contributed by atoms with E-state index in [1.807, 2.05) is 85.8 Å². The zero-order valence-corrected chi connectivity index (χ0v) is 16.0. The highest BCUT2D eigenvalue weighted by molar-refractivity contribution is 6.01. The third kappa shape index (κ3) is 3.10. The fourth-order valence-electron chi connectivity index (χ4n) is 3.73. The number of fused-ring (bicyclic) bond motifs is 1. The summed E-state index contributed by atoms with van der Waals surface area (Å²) in [6.07, 6.45) is 0.667. The van der Waals surface area contributed by atoms with E-state index in [9.17, 15) is 4.79 Å².